The largest absolute Gasteiger partial charge is 0.301 e. The summed E-state index contributed by atoms with van der Waals surface area (Å²) < 4.78 is 13.6. The molecule has 0 N–H and O–H groups in total. The Morgan fingerprint density at radius 3 is 2.68 bits per heavy atom. The standard InChI is InChI=1S/C18H12BFN.Ir/c1-2-12-9-14(7-8-17(12)20)18-16-6-4-3-5-13(16)10-15(11-19)21-18;/h1,3-8,10H,2,11H2;/q-1;. The predicted molar refractivity (Wildman–Crippen MR) is 83.4 cm³/mol. The van der Waals surface area contributed by atoms with Crippen LogP contribution in [-0.4, -0.2) is 12.8 Å². The maximum absolute atomic E-state index is 13.6. The molecule has 4 heteroatoms. The van der Waals surface area contributed by atoms with E-state index in [1.54, 1.807) is 6.07 Å². The minimum absolute atomic E-state index is 0. The summed E-state index contributed by atoms with van der Waals surface area (Å²) in [7, 11) is 5.72. The maximum Gasteiger partial charge on any atom is 0.0737 e. The van der Waals surface area contributed by atoms with Gasteiger partial charge in [-0.25, -0.2) is 0 Å². The molecule has 2 aromatic carbocycles. The molecule has 0 amide bonds. The van der Waals surface area contributed by atoms with Crippen molar-refractivity contribution in [3.8, 4) is 11.3 Å². The summed E-state index contributed by atoms with van der Waals surface area (Å²) in [5, 5.41) is 2.04. The van der Waals surface area contributed by atoms with Crippen molar-refractivity contribution < 1.29 is 24.5 Å². The Balaban J connectivity index is 0.00000176. The van der Waals surface area contributed by atoms with E-state index in [1.807, 2.05) is 30.3 Å². The molecule has 0 saturated heterocycles. The minimum atomic E-state index is -0.347. The van der Waals surface area contributed by atoms with Gasteiger partial charge in [0.1, 0.15) is 0 Å². The second kappa shape index (κ2) is 7.17. The van der Waals surface area contributed by atoms with E-state index in [0.29, 0.717) is 11.9 Å². The summed E-state index contributed by atoms with van der Waals surface area (Å²) in [4.78, 5) is 4.58. The first-order valence-corrected chi connectivity index (χ1v) is 6.73. The van der Waals surface area contributed by atoms with Gasteiger partial charge >= 0.3 is 0 Å². The van der Waals surface area contributed by atoms with Gasteiger partial charge < -0.3 is 4.98 Å². The van der Waals surface area contributed by atoms with Crippen LogP contribution in [0.25, 0.3) is 22.0 Å². The predicted octanol–water partition coefficient (Wildman–Crippen LogP) is 3.76. The molecule has 0 spiro atoms. The number of halogens is 1. The molecular weight excluding hydrogens is 452 g/mol. The molecule has 0 aliphatic carbocycles. The molecule has 109 valence electrons. The Labute approximate surface area is 144 Å². The van der Waals surface area contributed by atoms with Crippen molar-refractivity contribution in [2.45, 2.75) is 12.7 Å². The number of benzene rings is 2. The van der Waals surface area contributed by atoms with Crippen LogP contribution in [0.4, 0.5) is 4.39 Å². The van der Waals surface area contributed by atoms with Crippen molar-refractivity contribution in [3.05, 3.63) is 72.5 Å². The van der Waals surface area contributed by atoms with Gasteiger partial charge in [-0.15, -0.1) is 23.8 Å². The van der Waals surface area contributed by atoms with Crippen LogP contribution in [0, 0.1) is 18.8 Å². The molecule has 0 saturated carbocycles. The number of hydrogen-bond acceptors (Lipinski definition) is 1. The van der Waals surface area contributed by atoms with Gasteiger partial charge in [-0.3, -0.25) is 4.39 Å². The molecule has 0 unspecified atom stereocenters. The molecule has 22 heavy (non-hydrogen) atoms. The average molecular weight is 464 g/mol. The maximum atomic E-state index is 13.6. The van der Waals surface area contributed by atoms with Crippen LogP contribution in [0.5, 0.6) is 0 Å². The van der Waals surface area contributed by atoms with Gasteiger partial charge in [0.25, 0.3) is 0 Å². The Morgan fingerprint density at radius 1 is 1.18 bits per heavy atom. The third-order valence-electron chi connectivity index (χ3n) is 3.43. The number of hydrogen-bond donors (Lipinski definition) is 0. The number of fused-ring (bicyclic) bond motifs is 1. The van der Waals surface area contributed by atoms with Crippen molar-refractivity contribution in [2.75, 3.05) is 0 Å². The van der Waals surface area contributed by atoms with Crippen LogP contribution in [-0.2, 0) is 32.8 Å². The van der Waals surface area contributed by atoms with Crippen molar-refractivity contribution in [1.82, 2.24) is 4.98 Å². The zero-order valence-corrected chi connectivity index (χ0v) is 14.2. The number of pyridine rings is 1. The summed E-state index contributed by atoms with van der Waals surface area (Å²) in [5.74, 6) is -0.347. The van der Waals surface area contributed by atoms with E-state index in [1.165, 1.54) is 6.07 Å². The first-order chi connectivity index (χ1) is 10.2. The van der Waals surface area contributed by atoms with Gasteiger partial charge in [-0.1, -0.05) is 29.8 Å². The SMILES string of the molecule is [B]Cc1cc2ccccc2c(-c2[c-]c(C[CH])c(F)cc2)n1.[Ir]. The van der Waals surface area contributed by atoms with Gasteiger partial charge in [-0.05, 0) is 42.2 Å². The molecule has 3 aromatic rings. The van der Waals surface area contributed by atoms with Crippen LogP contribution in [0.3, 0.4) is 0 Å². The zero-order chi connectivity index (χ0) is 14.8. The third kappa shape index (κ3) is 3.13. The Bertz CT molecular complexity index is 804. The van der Waals surface area contributed by atoms with Crippen molar-refractivity contribution in [1.29, 1.82) is 0 Å². The van der Waals surface area contributed by atoms with E-state index < -0.39 is 0 Å². The first kappa shape index (κ1) is 16.9. The van der Waals surface area contributed by atoms with E-state index in [0.717, 1.165) is 27.7 Å². The van der Waals surface area contributed by atoms with Gasteiger partial charge in [0.2, 0.25) is 0 Å². The molecular formula is C18H12BFIrN-. The van der Waals surface area contributed by atoms with Crippen molar-refractivity contribution in [3.63, 3.8) is 0 Å². The average Bonchev–Trinajstić information content (AvgIpc) is 2.54. The summed E-state index contributed by atoms with van der Waals surface area (Å²) in [6.07, 6.45) is 0.455. The normalized spacial score (nSPS) is 10.5. The molecule has 0 fully saturated rings. The number of aromatic nitrogens is 1. The van der Waals surface area contributed by atoms with E-state index >= 15 is 0 Å². The van der Waals surface area contributed by atoms with E-state index in [2.05, 4.69) is 11.1 Å². The Hall–Kier alpha value is -1.51. The van der Waals surface area contributed by atoms with E-state index in [4.69, 9.17) is 14.8 Å². The fourth-order valence-electron chi connectivity index (χ4n) is 2.37. The monoisotopic (exact) mass is 465 g/mol. The molecule has 1 nitrogen and oxygen atoms in total. The van der Waals surface area contributed by atoms with Crippen LogP contribution in [0.2, 0.25) is 0 Å². The topological polar surface area (TPSA) is 12.9 Å². The summed E-state index contributed by atoms with van der Waals surface area (Å²) in [6, 6.07) is 16.0. The molecule has 0 aliphatic heterocycles. The molecule has 0 aliphatic rings. The quantitative estimate of drug-likeness (QED) is 0.425. The third-order valence-corrected chi connectivity index (χ3v) is 3.43. The minimum Gasteiger partial charge on any atom is -0.301 e. The molecule has 5 radical (unpaired) electrons. The smallest absolute Gasteiger partial charge is 0.0737 e. The fraction of sp³-hybridized carbons (Fsp3) is 0.111. The van der Waals surface area contributed by atoms with E-state index in [9.17, 15) is 4.39 Å². The van der Waals surface area contributed by atoms with Crippen LogP contribution in [0.1, 0.15) is 11.3 Å². The molecule has 0 atom stereocenters. The van der Waals surface area contributed by atoms with Gasteiger partial charge in [0.05, 0.1) is 7.85 Å². The molecule has 1 heterocycles. The summed E-state index contributed by atoms with van der Waals surface area (Å²) >= 11 is 0. The second-order valence-corrected chi connectivity index (χ2v) is 4.79. The molecule has 1 aromatic heterocycles. The Kier molecular flexibility index (Phi) is 5.49. The molecule has 3 rings (SSSR count). The number of rotatable bonds is 3. The zero-order valence-electron chi connectivity index (χ0n) is 11.8. The van der Waals surface area contributed by atoms with E-state index in [-0.39, 0.29) is 32.3 Å². The summed E-state index contributed by atoms with van der Waals surface area (Å²) in [6.45, 7) is 5.55. The molecule has 0 bridgehead atoms. The van der Waals surface area contributed by atoms with Crippen molar-refractivity contribution >= 4 is 18.6 Å². The first-order valence-electron chi connectivity index (χ1n) is 6.73. The number of nitrogens with zero attached hydrogens (tertiary/aromatic N) is 1. The van der Waals surface area contributed by atoms with Crippen molar-refractivity contribution in [2.24, 2.45) is 0 Å². The summed E-state index contributed by atoms with van der Waals surface area (Å²) in [5.41, 5.74) is 2.62. The van der Waals surface area contributed by atoms with Crippen LogP contribution >= 0.6 is 0 Å². The Morgan fingerprint density at radius 2 is 1.95 bits per heavy atom. The van der Waals surface area contributed by atoms with Gasteiger partial charge in [0, 0.05) is 31.6 Å². The van der Waals surface area contributed by atoms with Crippen LogP contribution < -0.4 is 0 Å². The fourth-order valence-corrected chi connectivity index (χ4v) is 2.37. The van der Waals surface area contributed by atoms with Crippen LogP contribution in [0.15, 0.2) is 42.5 Å². The van der Waals surface area contributed by atoms with Gasteiger partial charge in [-0.2, -0.15) is 0 Å². The van der Waals surface area contributed by atoms with Gasteiger partial charge in [0.15, 0.2) is 0 Å². The second-order valence-electron chi connectivity index (χ2n) is 4.79.